The Morgan fingerprint density at radius 1 is 0.941 bits per heavy atom. The number of nitrogens with zero attached hydrogens (tertiary/aromatic N) is 3. The molecule has 1 saturated carbocycles. The van der Waals surface area contributed by atoms with E-state index in [0.717, 1.165) is 42.6 Å². The van der Waals surface area contributed by atoms with Crippen molar-refractivity contribution in [1.29, 1.82) is 0 Å². The largest absolute Gasteiger partial charge is 0.349 e. The second-order valence-electron chi connectivity index (χ2n) is 8.73. The monoisotopic (exact) mass is 453 g/mol. The van der Waals surface area contributed by atoms with E-state index in [9.17, 15) is 9.59 Å². The summed E-state index contributed by atoms with van der Waals surface area (Å²) in [6, 6.07) is 17.2. The van der Waals surface area contributed by atoms with E-state index in [1.165, 1.54) is 5.57 Å². The number of carbonyl (C=O) groups is 2. The van der Waals surface area contributed by atoms with Crippen LogP contribution in [0, 0.1) is 0 Å². The van der Waals surface area contributed by atoms with Gasteiger partial charge in [0.25, 0.3) is 5.91 Å². The van der Waals surface area contributed by atoms with Crippen molar-refractivity contribution in [1.82, 2.24) is 20.2 Å². The first-order valence-electron chi connectivity index (χ1n) is 11.7. The summed E-state index contributed by atoms with van der Waals surface area (Å²) in [6.07, 6.45) is 9.39. The number of amides is 3. The predicted octanol–water partition coefficient (Wildman–Crippen LogP) is 4.75. The highest BCUT2D eigenvalue weighted by Gasteiger charge is 2.23. The molecule has 0 bridgehead atoms. The fraction of sp³-hybridized carbons (Fsp3) is 0.259. The van der Waals surface area contributed by atoms with Crippen LogP contribution in [-0.2, 0) is 0 Å². The zero-order chi connectivity index (χ0) is 23.3. The molecule has 0 spiro atoms. The molecule has 3 amide bonds. The standard InChI is InChI=1S/C27H27N5O2/c33-26(30-22-8-9-22)21-6-4-20(5-7-21)25-11-10-24(18-29-25)31-27(34)32-15-12-19(13-16-32)17-23-3-1-2-14-28-23/h1-7,10-11,14,17-18,22H,8-9,12-13,15-16H2,(H,30,33)(H,31,34). The van der Waals surface area contributed by atoms with Gasteiger partial charge < -0.3 is 15.5 Å². The van der Waals surface area contributed by atoms with Crippen LogP contribution >= 0.6 is 0 Å². The molecular formula is C27H27N5O2. The summed E-state index contributed by atoms with van der Waals surface area (Å²) in [4.78, 5) is 35.5. The number of likely N-dealkylation sites (tertiary alicyclic amines) is 1. The molecule has 3 heterocycles. The van der Waals surface area contributed by atoms with Crippen molar-refractivity contribution in [3.8, 4) is 11.3 Å². The van der Waals surface area contributed by atoms with E-state index in [-0.39, 0.29) is 11.9 Å². The number of anilines is 1. The second kappa shape index (κ2) is 9.87. The maximum Gasteiger partial charge on any atom is 0.321 e. The number of rotatable bonds is 5. The fourth-order valence-electron chi connectivity index (χ4n) is 3.94. The van der Waals surface area contributed by atoms with Gasteiger partial charge >= 0.3 is 6.03 Å². The van der Waals surface area contributed by atoms with E-state index < -0.39 is 0 Å². The Morgan fingerprint density at radius 2 is 1.74 bits per heavy atom. The molecule has 0 unspecified atom stereocenters. The number of nitrogens with one attached hydrogen (secondary N) is 2. The van der Waals surface area contributed by atoms with Gasteiger partial charge in [-0.15, -0.1) is 0 Å². The molecule has 5 rings (SSSR count). The Balaban J connectivity index is 1.14. The van der Waals surface area contributed by atoms with Crippen molar-refractivity contribution < 1.29 is 9.59 Å². The van der Waals surface area contributed by atoms with E-state index in [4.69, 9.17) is 0 Å². The Hall–Kier alpha value is -4.00. The van der Waals surface area contributed by atoms with Crippen LogP contribution in [0.3, 0.4) is 0 Å². The fourth-order valence-corrected chi connectivity index (χ4v) is 3.94. The molecule has 2 fully saturated rings. The normalized spacial score (nSPS) is 15.5. The zero-order valence-electron chi connectivity index (χ0n) is 18.9. The van der Waals surface area contributed by atoms with Gasteiger partial charge in [-0.25, -0.2) is 4.79 Å². The average Bonchev–Trinajstić information content (AvgIpc) is 3.70. The molecule has 3 aromatic rings. The van der Waals surface area contributed by atoms with E-state index in [2.05, 4.69) is 26.7 Å². The molecule has 7 heteroatoms. The van der Waals surface area contributed by atoms with Crippen LogP contribution in [0.25, 0.3) is 17.3 Å². The molecule has 0 radical (unpaired) electrons. The quantitative estimate of drug-likeness (QED) is 0.584. The van der Waals surface area contributed by atoms with Gasteiger partial charge in [0, 0.05) is 36.5 Å². The number of hydrogen-bond acceptors (Lipinski definition) is 4. The minimum Gasteiger partial charge on any atom is -0.349 e. The third-order valence-electron chi connectivity index (χ3n) is 6.10. The molecule has 1 saturated heterocycles. The maximum atomic E-state index is 12.7. The van der Waals surface area contributed by atoms with Crippen LogP contribution in [0.2, 0.25) is 0 Å². The highest BCUT2D eigenvalue weighted by Crippen LogP contribution is 2.23. The van der Waals surface area contributed by atoms with E-state index in [1.54, 1.807) is 12.4 Å². The lowest BCUT2D eigenvalue weighted by Crippen LogP contribution is -2.39. The molecule has 0 atom stereocenters. The number of pyridine rings is 2. The van der Waals surface area contributed by atoms with Crippen LogP contribution in [0.5, 0.6) is 0 Å². The minimum absolute atomic E-state index is 0.0304. The summed E-state index contributed by atoms with van der Waals surface area (Å²) < 4.78 is 0. The third-order valence-corrected chi connectivity index (χ3v) is 6.10. The highest BCUT2D eigenvalue weighted by molar-refractivity contribution is 5.95. The van der Waals surface area contributed by atoms with Crippen LogP contribution in [0.15, 0.2) is 72.6 Å². The predicted molar refractivity (Wildman–Crippen MR) is 132 cm³/mol. The van der Waals surface area contributed by atoms with Gasteiger partial charge in [-0.05, 0) is 68.2 Å². The number of aromatic nitrogens is 2. The second-order valence-corrected chi connectivity index (χ2v) is 8.73. The first-order chi connectivity index (χ1) is 16.6. The molecule has 2 aromatic heterocycles. The summed E-state index contributed by atoms with van der Waals surface area (Å²) in [5, 5.41) is 5.93. The number of hydrogen-bond donors (Lipinski definition) is 2. The summed E-state index contributed by atoms with van der Waals surface area (Å²) in [6.45, 7) is 1.35. The van der Waals surface area contributed by atoms with Gasteiger partial charge in [0.05, 0.1) is 23.3 Å². The van der Waals surface area contributed by atoms with Gasteiger partial charge in [-0.2, -0.15) is 0 Å². The summed E-state index contributed by atoms with van der Waals surface area (Å²) in [5.74, 6) is -0.0304. The lowest BCUT2D eigenvalue weighted by atomic mass is 10.0. The van der Waals surface area contributed by atoms with Crippen molar-refractivity contribution in [2.75, 3.05) is 18.4 Å². The molecular weight excluding hydrogens is 426 g/mol. The molecule has 7 nitrogen and oxygen atoms in total. The topological polar surface area (TPSA) is 87.2 Å². The van der Waals surface area contributed by atoms with Crippen LogP contribution < -0.4 is 10.6 Å². The van der Waals surface area contributed by atoms with Gasteiger partial charge in [-0.1, -0.05) is 23.8 Å². The highest BCUT2D eigenvalue weighted by atomic mass is 16.2. The molecule has 2 aliphatic rings. The van der Waals surface area contributed by atoms with Crippen molar-refractivity contribution in [2.45, 2.75) is 31.7 Å². The van der Waals surface area contributed by atoms with Gasteiger partial charge in [-0.3, -0.25) is 14.8 Å². The van der Waals surface area contributed by atoms with E-state index in [1.807, 2.05) is 59.5 Å². The minimum atomic E-state index is -0.113. The van der Waals surface area contributed by atoms with E-state index in [0.29, 0.717) is 30.4 Å². The van der Waals surface area contributed by atoms with Crippen molar-refractivity contribution in [3.63, 3.8) is 0 Å². The summed E-state index contributed by atoms with van der Waals surface area (Å²) in [5.41, 5.74) is 5.28. The third kappa shape index (κ3) is 5.49. The zero-order valence-corrected chi connectivity index (χ0v) is 18.9. The molecule has 1 aliphatic heterocycles. The summed E-state index contributed by atoms with van der Waals surface area (Å²) in [7, 11) is 0. The lowest BCUT2D eigenvalue weighted by molar-refractivity contribution is 0.0951. The van der Waals surface area contributed by atoms with Crippen molar-refractivity contribution in [2.24, 2.45) is 0 Å². The molecule has 172 valence electrons. The Labute approximate surface area is 198 Å². The Kier molecular flexibility index (Phi) is 6.33. The van der Waals surface area contributed by atoms with Gasteiger partial charge in [0.2, 0.25) is 0 Å². The number of benzene rings is 1. The smallest absolute Gasteiger partial charge is 0.321 e. The molecule has 2 N–H and O–H groups in total. The summed E-state index contributed by atoms with van der Waals surface area (Å²) >= 11 is 0. The first kappa shape index (κ1) is 21.8. The SMILES string of the molecule is O=C(NC1CC1)c1ccc(-c2ccc(NC(=O)N3CCC(=Cc4ccccn4)CC3)cn2)cc1. The maximum absolute atomic E-state index is 12.7. The number of urea groups is 1. The number of piperidine rings is 1. The van der Waals surface area contributed by atoms with Gasteiger partial charge in [0.15, 0.2) is 0 Å². The van der Waals surface area contributed by atoms with Crippen LogP contribution in [0.4, 0.5) is 10.5 Å². The lowest BCUT2D eigenvalue weighted by Gasteiger charge is -2.28. The van der Waals surface area contributed by atoms with E-state index >= 15 is 0 Å². The molecule has 1 aliphatic carbocycles. The van der Waals surface area contributed by atoms with Crippen LogP contribution in [-0.4, -0.2) is 45.9 Å². The first-order valence-corrected chi connectivity index (χ1v) is 11.7. The number of carbonyl (C=O) groups excluding carboxylic acids is 2. The Morgan fingerprint density at radius 3 is 2.38 bits per heavy atom. The van der Waals surface area contributed by atoms with Crippen molar-refractivity contribution >= 4 is 23.7 Å². The molecule has 34 heavy (non-hydrogen) atoms. The molecule has 1 aromatic carbocycles. The van der Waals surface area contributed by atoms with Gasteiger partial charge in [0.1, 0.15) is 0 Å². The van der Waals surface area contributed by atoms with Crippen molar-refractivity contribution in [3.05, 3.63) is 83.8 Å². The Bertz CT molecular complexity index is 1180. The average molecular weight is 454 g/mol. The van der Waals surface area contributed by atoms with Crippen LogP contribution in [0.1, 0.15) is 41.7 Å².